The van der Waals surface area contributed by atoms with Crippen LogP contribution in [0.1, 0.15) is 37.8 Å². The van der Waals surface area contributed by atoms with E-state index in [9.17, 15) is 4.79 Å². The zero-order chi connectivity index (χ0) is 12.1. The van der Waals surface area contributed by atoms with Crippen molar-refractivity contribution < 1.29 is 4.79 Å². The van der Waals surface area contributed by atoms with E-state index in [1.807, 2.05) is 12.1 Å². The van der Waals surface area contributed by atoms with E-state index < -0.39 is 6.04 Å². The van der Waals surface area contributed by atoms with Gasteiger partial charge in [-0.25, -0.2) is 0 Å². The van der Waals surface area contributed by atoms with Gasteiger partial charge in [-0.2, -0.15) is 0 Å². The van der Waals surface area contributed by atoms with Crippen molar-refractivity contribution in [1.29, 1.82) is 0 Å². The second kappa shape index (κ2) is 7.30. The Morgan fingerprint density at radius 3 is 2.18 bits per heavy atom. The Kier molecular flexibility index (Phi) is 6.85. The number of halogens is 1. The summed E-state index contributed by atoms with van der Waals surface area (Å²) in [6, 6.07) is 7.82. The molecule has 1 amide bonds. The smallest absolute Gasteiger partial charge is 0.236 e. The van der Waals surface area contributed by atoms with Crippen molar-refractivity contribution in [1.82, 2.24) is 5.32 Å². The number of nitrogens with one attached hydrogen (secondary N) is 1. The Bertz CT molecular complexity index is 347. The number of hydrogen-bond acceptors (Lipinski definition) is 2. The van der Waals surface area contributed by atoms with Crippen molar-refractivity contribution in [2.24, 2.45) is 5.73 Å². The average Bonchev–Trinajstić information content (AvgIpc) is 2.26. The van der Waals surface area contributed by atoms with Crippen LogP contribution in [0, 0.1) is 0 Å². The summed E-state index contributed by atoms with van der Waals surface area (Å²) in [5.74, 6) is 0.417. The van der Waals surface area contributed by atoms with E-state index in [2.05, 4.69) is 31.3 Å². The summed E-state index contributed by atoms with van der Waals surface area (Å²) in [5.41, 5.74) is 7.86. The van der Waals surface area contributed by atoms with Crippen molar-refractivity contribution in [2.75, 3.05) is 0 Å². The lowest BCUT2D eigenvalue weighted by Crippen LogP contribution is -2.37. The zero-order valence-corrected chi connectivity index (χ0v) is 11.4. The van der Waals surface area contributed by atoms with Gasteiger partial charge < -0.3 is 11.1 Å². The van der Waals surface area contributed by atoms with E-state index in [1.54, 1.807) is 6.92 Å². The molecular formula is C13H21ClN2O. The first-order valence-electron chi connectivity index (χ1n) is 5.63. The van der Waals surface area contributed by atoms with Crippen LogP contribution in [0.4, 0.5) is 0 Å². The van der Waals surface area contributed by atoms with E-state index in [-0.39, 0.29) is 18.3 Å². The van der Waals surface area contributed by atoms with Crippen LogP contribution in [0.5, 0.6) is 0 Å². The molecule has 0 heterocycles. The van der Waals surface area contributed by atoms with Crippen LogP contribution in [-0.4, -0.2) is 11.9 Å². The molecule has 17 heavy (non-hydrogen) atoms. The fraction of sp³-hybridized carbons (Fsp3) is 0.462. The predicted molar refractivity (Wildman–Crippen MR) is 73.3 cm³/mol. The minimum absolute atomic E-state index is 0. The van der Waals surface area contributed by atoms with Gasteiger partial charge in [0.2, 0.25) is 5.91 Å². The van der Waals surface area contributed by atoms with Gasteiger partial charge in [-0.3, -0.25) is 4.79 Å². The highest BCUT2D eigenvalue weighted by atomic mass is 35.5. The van der Waals surface area contributed by atoms with Gasteiger partial charge in [-0.05, 0) is 24.0 Å². The van der Waals surface area contributed by atoms with Gasteiger partial charge in [0.1, 0.15) is 0 Å². The summed E-state index contributed by atoms with van der Waals surface area (Å²) in [7, 11) is 0. The maximum absolute atomic E-state index is 11.3. The van der Waals surface area contributed by atoms with Crippen molar-refractivity contribution >= 4 is 18.3 Å². The van der Waals surface area contributed by atoms with Crippen LogP contribution in [-0.2, 0) is 11.3 Å². The third-order valence-electron chi connectivity index (χ3n) is 2.53. The van der Waals surface area contributed by atoms with E-state index in [0.717, 1.165) is 5.56 Å². The van der Waals surface area contributed by atoms with Crippen LogP contribution < -0.4 is 11.1 Å². The topological polar surface area (TPSA) is 55.1 Å². The standard InChI is InChI=1S/C13H20N2O.ClH/c1-9(2)12-6-4-11(5-7-12)8-15-13(16)10(3)14;/h4-7,9-10H,8,14H2,1-3H3,(H,15,16);1H/t10-;/m0./s1. The molecule has 0 aliphatic heterocycles. The molecule has 0 radical (unpaired) electrons. The zero-order valence-electron chi connectivity index (χ0n) is 10.6. The second-order valence-corrected chi connectivity index (χ2v) is 4.40. The number of carbonyl (C=O) groups excluding carboxylic acids is 1. The highest BCUT2D eigenvalue weighted by Crippen LogP contribution is 2.14. The van der Waals surface area contributed by atoms with Gasteiger partial charge in [-0.15, -0.1) is 12.4 Å². The van der Waals surface area contributed by atoms with Gasteiger partial charge >= 0.3 is 0 Å². The largest absolute Gasteiger partial charge is 0.351 e. The first-order chi connectivity index (χ1) is 7.50. The molecule has 0 fully saturated rings. The molecule has 1 aromatic carbocycles. The number of rotatable bonds is 4. The van der Waals surface area contributed by atoms with Gasteiger partial charge in [0, 0.05) is 6.54 Å². The molecule has 96 valence electrons. The summed E-state index contributed by atoms with van der Waals surface area (Å²) < 4.78 is 0. The van der Waals surface area contributed by atoms with E-state index in [0.29, 0.717) is 12.5 Å². The third kappa shape index (κ3) is 5.20. The molecular weight excluding hydrogens is 236 g/mol. The molecule has 3 N–H and O–H groups in total. The summed E-state index contributed by atoms with van der Waals surface area (Å²) in [4.78, 5) is 11.3. The number of amides is 1. The fourth-order valence-electron chi connectivity index (χ4n) is 1.37. The molecule has 0 spiro atoms. The third-order valence-corrected chi connectivity index (χ3v) is 2.53. The van der Waals surface area contributed by atoms with Crippen LogP contribution in [0.2, 0.25) is 0 Å². The quantitative estimate of drug-likeness (QED) is 0.868. The van der Waals surface area contributed by atoms with Crippen LogP contribution in [0.15, 0.2) is 24.3 Å². The summed E-state index contributed by atoms with van der Waals surface area (Å²) in [6.45, 7) is 6.54. The Balaban J connectivity index is 0.00000256. The van der Waals surface area contributed by atoms with E-state index in [1.165, 1.54) is 5.56 Å². The molecule has 1 aromatic rings. The Hall–Kier alpha value is -1.06. The van der Waals surface area contributed by atoms with E-state index >= 15 is 0 Å². The molecule has 0 aliphatic rings. The molecule has 0 unspecified atom stereocenters. The van der Waals surface area contributed by atoms with Gasteiger partial charge in [-0.1, -0.05) is 38.1 Å². The highest BCUT2D eigenvalue weighted by molar-refractivity contribution is 5.85. The average molecular weight is 257 g/mol. The first-order valence-corrected chi connectivity index (χ1v) is 5.63. The van der Waals surface area contributed by atoms with E-state index in [4.69, 9.17) is 5.73 Å². The lowest BCUT2D eigenvalue weighted by atomic mass is 10.0. The molecule has 1 atom stereocenters. The summed E-state index contributed by atoms with van der Waals surface area (Å²) >= 11 is 0. The number of benzene rings is 1. The van der Waals surface area contributed by atoms with Crippen LogP contribution in [0.3, 0.4) is 0 Å². The number of nitrogens with two attached hydrogens (primary N) is 1. The van der Waals surface area contributed by atoms with Crippen molar-refractivity contribution in [3.63, 3.8) is 0 Å². The predicted octanol–water partition coefficient (Wildman–Crippen LogP) is 2.20. The van der Waals surface area contributed by atoms with Crippen molar-refractivity contribution in [3.8, 4) is 0 Å². The van der Waals surface area contributed by atoms with Gasteiger partial charge in [0.15, 0.2) is 0 Å². The normalized spacial score (nSPS) is 11.8. The van der Waals surface area contributed by atoms with Crippen LogP contribution >= 0.6 is 12.4 Å². The van der Waals surface area contributed by atoms with Crippen molar-refractivity contribution in [2.45, 2.75) is 39.3 Å². The number of hydrogen-bond donors (Lipinski definition) is 2. The van der Waals surface area contributed by atoms with Crippen LogP contribution in [0.25, 0.3) is 0 Å². The molecule has 0 aliphatic carbocycles. The Labute approximate surface area is 109 Å². The maximum Gasteiger partial charge on any atom is 0.236 e. The lowest BCUT2D eigenvalue weighted by molar-refractivity contribution is -0.122. The van der Waals surface area contributed by atoms with Crippen molar-refractivity contribution in [3.05, 3.63) is 35.4 Å². The fourth-order valence-corrected chi connectivity index (χ4v) is 1.37. The number of carbonyl (C=O) groups is 1. The minimum Gasteiger partial charge on any atom is -0.351 e. The molecule has 0 saturated carbocycles. The Morgan fingerprint density at radius 2 is 1.76 bits per heavy atom. The summed E-state index contributed by atoms with van der Waals surface area (Å²) in [5, 5.41) is 2.78. The molecule has 1 rings (SSSR count). The SMILES string of the molecule is CC(C)c1ccc(CNC(=O)[C@H](C)N)cc1.Cl. The highest BCUT2D eigenvalue weighted by Gasteiger charge is 2.06. The second-order valence-electron chi connectivity index (χ2n) is 4.40. The minimum atomic E-state index is -0.449. The van der Waals surface area contributed by atoms with Gasteiger partial charge in [0.25, 0.3) is 0 Å². The monoisotopic (exact) mass is 256 g/mol. The molecule has 3 nitrogen and oxygen atoms in total. The Morgan fingerprint density at radius 1 is 1.24 bits per heavy atom. The maximum atomic E-state index is 11.3. The van der Waals surface area contributed by atoms with Gasteiger partial charge in [0.05, 0.1) is 6.04 Å². The summed E-state index contributed by atoms with van der Waals surface area (Å²) in [6.07, 6.45) is 0. The lowest BCUT2D eigenvalue weighted by Gasteiger charge is -2.09. The molecule has 0 aromatic heterocycles. The molecule has 0 bridgehead atoms. The molecule has 0 saturated heterocycles. The molecule has 4 heteroatoms. The first kappa shape index (κ1) is 15.9.